The molecule has 0 aliphatic rings. The van der Waals surface area contributed by atoms with E-state index in [4.69, 9.17) is 0 Å². The number of aliphatic carboxylic acids is 1. The third-order valence-corrected chi connectivity index (χ3v) is 5.79. The molecular weight excluding hydrogens is 380 g/mol. The Bertz CT molecular complexity index is 1300. The van der Waals surface area contributed by atoms with Crippen LogP contribution in [0.1, 0.15) is 43.4 Å². The van der Waals surface area contributed by atoms with E-state index in [1.807, 2.05) is 20.0 Å². The zero-order chi connectivity index (χ0) is 21.4. The lowest BCUT2D eigenvalue weighted by Crippen LogP contribution is -2.29. The van der Waals surface area contributed by atoms with Crippen LogP contribution >= 0.6 is 0 Å². The number of aryl methyl sites for hydroxylation is 2. The number of carbonyl (C=O) groups is 1. The average molecular weight is 406 g/mol. The molecule has 3 heterocycles. The standard InChI is InChI=1S/C23H26N4O3/c1-4-6-17(11-21(28)29)27-18-9-10-24-12-20(18)26(23(27)30)14-16-13-25(3)19-8-5-7-15(2)22(16)19/h5,7-10,12-13,17H,4,6,11,14H2,1-3H3,(H,28,29). The lowest BCUT2D eigenvalue weighted by Gasteiger charge is -2.15. The maximum absolute atomic E-state index is 13.5. The highest BCUT2D eigenvalue weighted by Crippen LogP contribution is 2.27. The molecule has 1 aromatic carbocycles. The van der Waals surface area contributed by atoms with Gasteiger partial charge >= 0.3 is 11.7 Å². The third-order valence-electron chi connectivity index (χ3n) is 5.79. The molecule has 3 aromatic heterocycles. The van der Waals surface area contributed by atoms with Gasteiger partial charge in [-0.2, -0.15) is 0 Å². The summed E-state index contributed by atoms with van der Waals surface area (Å²) in [6.45, 7) is 4.48. The number of hydrogen-bond donors (Lipinski definition) is 1. The van der Waals surface area contributed by atoms with Gasteiger partial charge in [0.1, 0.15) is 0 Å². The maximum Gasteiger partial charge on any atom is 0.329 e. The average Bonchev–Trinajstić information content (AvgIpc) is 3.17. The van der Waals surface area contributed by atoms with Gasteiger partial charge in [-0.05, 0) is 36.6 Å². The molecule has 4 rings (SSSR count). The van der Waals surface area contributed by atoms with Crippen molar-refractivity contribution < 1.29 is 9.90 Å². The first-order valence-electron chi connectivity index (χ1n) is 10.2. The Morgan fingerprint density at radius 1 is 1.20 bits per heavy atom. The molecule has 1 unspecified atom stereocenters. The van der Waals surface area contributed by atoms with E-state index in [0.29, 0.717) is 13.0 Å². The van der Waals surface area contributed by atoms with Crippen LogP contribution in [0.25, 0.3) is 21.9 Å². The Morgan fingerprint density at radius 3 is 2.73 bits per heavy atom. The molecule has 1 atom stereocenters. The fourth-order valence-corrected chi connectivity index (χ4v) is 4.51. The zero-order valence-corrected chi connectivity index (χ0v) is 17.5. The first-order chi connectivity index (χ1) is 14.4. The van der Waals surface area contributed by atoms with Crippen LogP contribution in [0.5, 0.6) is 0 Å². The predicted molar refractivity (Wildman–Crippen MR) is 117 cm³/mol. The Balaban J connectivity index is 1.90. The van der Waals surface area contributed by atoms with E-state index in [1.165, 1.54) is 0 Å². The lowest BCUT2D eigenvalue weighted by atomic mass is 10.1. The van der Waals surface area contributed by atoms with Gasteiger partial charge in [-0.1, -0.05) is 25.5 Å². The van der Waals surface area contributed by atoms with Crippen LogP contribution < -0.4 is 5.69 Å². The highest BCUT2D eigenvalue weighted by molar-refractivity contribution is 5.87. The van der Waals surface area contributed by atoms with Crippen LogP contribution in [0.2, 0.25) is 0 Å². The summed E-state index contributed by atoms with van der Waals surface area (Å²) in [5, 5.41) is 10.5. The summed E-state index contributed by atoms with van der Waals surface area (Å²) in [7, 11) is 2.00. The topological polar surface area (TPSA) is 82.0 Å². The number of rotatable bonds is 7. The van der Waals surface area contributed by atoms with Crippen molar-refractivity contribution in [1.29, 1.82) is 0 Å². The van der Waals surface area contributed by atoms with Crippen molar-refractivity contribution in [3.63, 3.8) is 0 Å². The molecule has 0 fully saturated rings. The fraction of sp³-hybridized carbons (Fsp3) is 0.348. The summed E-state index contributed by atoms with van der Waals surface area (Å²) < 4.78 is 5.44. The molecule has 0 aliphatic carbocycles. The fourth-order valence-electron chi connectivity index (χ4n) is 4.51. The van der Waals surface area contributed by atoms with E-state index in [1.54, 1.807) is 27.6 Å². The van der Waals surface area contributed by atoms with Crippen molar-refractivity contribution in [2.75, 3.05) is 0 Å². The smallest absolute Gasteiger partial charge is 0.329 e. The van der Waals surface area contributed by atoms with Crippen molar-refractivity contribution in [1.82, 2.24) is 18.7 Å². The van der Waals surface area contributed by atoms with Crippen molar-refractivity contribution in [3.05, 3.63) is 64.5 Å². The number of hydrogen-bond acceptors (Lipinski definition) is 3. The van der Waals surface area contributed by atoms with Gasteiger partial charge in [0, 0.05) is 36.4 Å². The molecule has 0 radical (unpaired) electrons. The summed E-state index contributed by atoms with van der Waals surface area (Å²) in [4.78, 5) is 29.2. The normalized spacial score (nSPS) is 12.6. The zero-order valence-electron chi connectivity index (χ0n) is 17.5. The van der Waals surface area contributed by atoms with Crippen molar-refractivity contribution in [3.8, 4) is 0 Å². The van der Waals surface area contributed by atoms with Gasteiger partial charge in [-0.15, -0.1) is 0 Å². The van der Waals surface area contributed by atoms with Crippen LogP contribution in [0.3, 0.4) is 0 Å². The van der Waals surface area contributed by atoms with Crippen LogP contribution in [-0.2, 0) is 18.4 Å². The second-order valence-electron chi connectivity index (χ2n) is 7.88. The van der Waals surface area contributed by atoms with Crippen molar-refractivity contribution in [2.45, 2.75) is 45.7 Å². The van der Waals surface area contributed by atoms with E-state index in [2.05, 4.69) is 34.8 Å². The Hall–Kier alpha value is -3.35. The van der Waals surface area contributed by atoms with E-state index < -0.39 is 5.97 Å². The predicted octanol–water partition coefficient (Wildman–Crippen LogP) is 3.86. The van der Waals surface area contributed by atoms with E-state index in [-0.39, 0.29) is 18.2 Å². The van der Waals surface area contributed by atoms with E-state index in [0.717, 1.165) is 39.5 Å². The number of fused-ring (bicyclic) bond motifs is 2. The Morgan fingerprint density at radius 2 is 2.00 bits per heavy atom. The number of benzene rings is 1. The van der Waals surface area contributed by atoms with Gasteiger partial charge in [-0.3, -0.25) is 18.9 Å². The van der Waals surface area contributed by atoms with Gasteiger partial charge in [0.05, 0.1) is 30.2 Å². The summed E-state index contributed by atoms with van der Waals surface area (Å²) in [5.41, 5.74) is 4.60. The highest BCUT2D eigenvalue weighted by atomic mass is 16.4. The molecule has 0 saturated heterocycles. The number of imidazole rings is 1. The summed E-state index contributed by atoms with van der Waals surface area (Å²) in [5.74, 6) is -0.903. The van der Waals surface area contributed by atoms with Gasteiger partial charge in [-0.25, -0.2) is 4.79 Å². The summed E-state index contributed by atoms with van der Waals surface area (Å²) in [6, 6.07) is 7.59. The Labute approximate surface area is 174 Å². The number of pyridine rings is 1. The van der Waals surface area contributed by atoms with Gasteiger partial charge < -0.3 is 9.67 Å². The second kappa shape index (κ2) is 7.82. The molecule has 0 aliphatic heterocycles. The molecule has 0 bridgehead atoms. The largest absolute Gasteiger partial charge is 0.481 e. The minimum atomic E-state index is -0.903. The molecule has 0 amide bonds. The van der Waals surface area contributed by atoms with E-state index >= 15 is 0 Å². The molecule has 156 valence electrons. The van der Waals surface area contributed by atoms with Crippen LogP contribution in [0.4, 0.5) is 0 Å². The second-order valence-corrected chi connectivity index (χ2v) is 7.88. The third kappa shape index (κ3) is 3.30. The number of aromatic nitrogens is 4. The molecule has 7 heteroatoms. The quantitative estimate of drug-likeness (QED) is 0.505. The van der Waals surface area contributed by atoms with Crippen LogP contribution in [-0.4, -0.2) is 29.8 Å². The molecule has 1 N–H and O–H groups in total. The molecule has 30 heavy (non-hydrogen) atoms. The first-order valence-corrected chi connectivity index (χ1v) is 10.2. The highest BCUT2D eigenvalue weighted by Gasteiger charge is 2.23. The lowest BCUT2D eigenvalue weighted by molar-refractivity contribution is -0.137. The van der Waals surface area contributed by atoms with Crippen molar-refractivity contribution in [2.24, 2.45) is 7.05 Å². The number of nitrogens with zero attached hydrogens (tertiary/aromatic N) is 4. The summed E-state index contributed by atoms with van der Waals surface area (Å²) >= 11 is 0. The monoisotopic (exact) mass is 406 g/mol. The van der Waals surface area contributed by atoms with Gasteiger partial charge in [0.2, 0.25) is 0 Å². The van der Waals surface area contributed by atoms with Crippen LogP contribution in [0.15, 0.2) is 47.7 Å². The van der Waals surface area contributed by atoms with Gasteiger partial charge in [0.15, 0.2) is 0 Å². The minimum absolute atomic E-state index is 0.0808. The molecule has 7 nitrogen and oxygen atoms in total. The molecular formula is C23H26N4O3. The van der Waals surface area contributed by atoms with E-state index in [9.17, 15) is 14.7 Å². The maximum atomic E-state index is 13.5. The molecule has 4 aromatic rings. The minimum Gasteiger partial charge on any atom is -0.481 e. The van der Waals surface area contributed by atoms with Crippen LogP contribution in [0, 0.1) is 6.92 Å². The number of carboxylic acid groups (broad SMARTS) is 1. The Kier molecular flexibility index (Phi) is 5.20. The van der Waals surface area contributed by atoms with Crippen molar-refractivity contribution >= 4 is 27.9 Å². The first kappa shape index (κ1) is 19.9. The summed E-state index contributed by atoms with van der Waals surface area (Å²) in [6.07, 6.45) is 6.74. The SMILES string of the molecule is CCCC(CC(=O)O)n1c(=O)n(Cc2cn(C)c3cccc(C)c23)c2cnccc21. The number of carboxylic acids is 1. The molecule has 0 spiro atoms. The van der Waals surface area contributed by atoms with Gasteiger partial charge in [0.25, 0.3) is 0 Å². The molecule has 0 saturated carbocycles.